The molecular formula is C31H25N5O4. The Morgan fingerprint density at radius 3 is 1.55 bits per heavy atom. The lowest BCUT2D eigenvalue weighted by molar-refractivity contribution is -0.115. The maximum atomic E-state index is 12.4. The highest BCUT2D eigenvalue weighted by molar-refractivity contribution is 6.04. The van der Waals surface area contributed by atoms with Gasteiger partial charge < -0.3 is 20.8 Å². The molecule has 0 aliphatic heterocycles. The maximum absolute atomic E-state index is 12.4. The first kappa shape index (κ1) is 26.1. The van der Waals surface area contributed by atoms with Gasteiger partial charge in [0.05, 0.1) is 0 Å². The Hall–Kier alpha value is -5.57. The molecule has 5 aromatic rings. The number of aliphatic imine (C=N–C) groups is 2. The summed E-state index contributed by atoms with van der Waals surface area (Å²) in [6.45, 7) is -0.368. The van der Waals surface area contributed by atoms with Crippen LogP contribution in [0.5, 0.6) is 11.5 Å². The number of aromatic nitrogens is 1. The third kappa shape index (κ3) is 6.11. The van der Waals surface area contributed by atoms with Gasteiger partial charge in [0.2, 0.25) is 11.8 Å². The lowest BCUT2D eigenvalue weighted by Gasteiger charge is -2.07. The summed E-state index contributed by atoms with van der Waals surface area (Å²) in [6.07, 6.45) is 2.94. The van der Waals surface area contributed by atoms with Crippen molar-refractivity contribution in [3.63, 3.8) is 0 Å². The van der Waals surface area contributed by atoms with E-state index in [2.05, 4.69) is 25.6 Å². The van der Waals surface area contributed by atoms with Crippen molar-refractivity contribution in [1.82, 2.24) is 4.98 Å². The van der Waals surface area contributed by atoms with Crippen molar-refractivity contribution in [2.24, 2.45) is 9.98 Å². The Bertz CT molecular complexity index is 1650. The second-order valence-electron chi connectivity index (χ2n) is 8.88. The number of benzene rings is 4. The van der Waals surface area contributed by atoms with Crippen molar-refractivity contribution >= 4 is 57.4 Å². The average Bonchev–Trinajstić information content (AvgIpc) is 2.95. The molecule has 9 heteroatoms. The van der Waals surface area contributed by atoms with Crippen LogP contribution in [0.1, 0.15) is 11.1 Å². The number of phenolic OH excluding ortho intramolecular Hbond substituents is 2. The first-order valence-electron chi connectivity index (χ1n) is 12.5. The predicted molar refractivity (Wildman–Crippen MR) is 158 cm³/mol. The van der Waals surface area contributed by atoms with E-state index in [0.29, 0.717) is 11.1 Å². The van der Waals surface area contributed by atoms with Gasteiger partial charge in [-0.25, -0.2) is 4.98 Å². The predicted octanol–water partition coefficient (Wildman–Crippen LogP) is 4.91. The third-order valence-corrected chi connectivity index (χ3v) is 6.09. The summed E-state index contributed by atoms with van der Waals surface area (Å²) < 4.78 is 0. The molecule has 4 N–H and O–H groups in total. The highest BCUT2D eigenvalue weighted by atomic mass is 16.3. The number of nitrogens with zero attached hydrogens (tertiary/aromatic N) is 3. The molecule has 5 rings (SSSR count). The fourth-order valence-corrected chi connectivity index (χ4v) is 4.22. The SMILES string of the molecule is O=C(CN=Cc1c(O)ccc2ccccc12)Nc1cccc(NC(=O)CN=Cc2c(O)ccc3ccccc23)n1. The summed E-state index contributed by atoms with van der Waals surface area (Å²) in [5, 5.41) is 29.3. The molecule has 0 spiro atoms. The summed E-state index contributed by atoms with van der Waals surface area (Å²) in [6, 6.07) is 26.8. The van der Waals surface area contributed by atoms with Crippen LogP contribution in [0.2, 0.25) is 0 Å². The van der Waals surface area contributed by atoms with E-state index in [0.717, 1.165) is 21.5 Å². The number of rotatable bonds is 8. The van der Waals surface area contributed by atoms with Gasteiger partial charge in [-0.05, 0) is 45.8 Å². The van der Waals surface area contributed by atoms with E-state index < -0.39 is 11.8 Å². The Morgan fingerprint density at radius 2 is 1.07 bits per heavy atom. The topological polar surface area (TPSA) is 136 Å². The van der Waals surface area contributed by atoms with Gasteiger partial charge in [-0.2, -0.15) is 0 Å². The van der Waals surface area contributed by atoms with E-state index in [9.17, 15) is 19.8 Å². The van der Waals surface area contributed by atoms with Crippen LogP contribution in [0.15, 0.2) is 101 Å². The van der Waals surface area contributed by atoms with Crippen LogP contribution in [0, 0.1) is 0 Å². The van der Waals surface area contributed by atoms with Crippen LogP contribution in [0.3, 0.4) is 0 Å². The van der Waals surface area contributed by atoms with Crippen molar-refractivity contribution in [1.29, 1.82) is 0 Å². The van der Waals surface area contributed by atoms with Gasteiger partial charge in [0, 0.05) is 23.6 Å². The minimum Gasteiger partial charge on any atom is -0.507 e. The summed E-state index contributed by atoms with van der Waals surface area (Å²) >= 11 is 0. The number of nitrogens with one attached hydrogen (secondary N) is 2. The van der Waals surface area contributed by atoms with Crippen molar-refractivity contribution < 1.29 is 19.8 Å². The van der Waals surface area contributed by atoms with Crippen LogP contribution >= 0.6 is 0 Å². The highest BCUT2D eigenvalue weighted by Gasteiger charge is 2.08. The largest absolute Gasteiger partial charge is 0.507 e. The number of amides is 2. The second-order valence-corrected chi connectivity index (χ2v) is 8.88. The maximum Gasteiger partial charge on any atom is 0.247 e. The molecule has 9 nitrogen and oxygen atoms in total. The van der Waals surface area contributed by atoms with Gasteiger partial charge in [0.1, 0.15) is 36.2 Å². The monoisotopic (exact) mass is 531 g/mol. The molecule has 0 saturated carbocycles. The van der Waals surface area contributed by atoms with Gasteiger partial charge in [-0.3, -0.25) is 19.6 Å². The molecule has 0 aliphatic rings. The highest BCUT2D eigenvalue weighted by Crippen LogP contribution is 2.26. The van der Waals surface area contributed by atoms with Gasteiger partial charge in [-0.15, -0.1) is 0 Å². The molecule has 0 unspecified atom stereocenters. The molecule has 1 heterocycles. The molecule has 0 bridgehead atoms. The van der Waals surface area contributed by atoms with Crippen LogP contribution in [0.25, 0.3) is 21.5 Å². The zero-order valence-corrected chi connectivity index (χ0v) is 21.3. The number of carbonyl (C=O) groups is 2. The fourth-order valence-electron chi connectivity index (χ4n) is 4.22. The lowest BCUT2D eigenvalue weighted by Crippen LogP contribution is -2.18. The summed E-state index contributed by atoms with van der Waals surface area (Å²) in [4.78, 5) is 37.5. The zero-order chi connectivity index (χ0) is 27.9. The van der Waals surface area contributed by atoms with Gasteiger partial charge in [-0.1, -0.05) is 66.7 Å². The lowest BCUT2D eigenvalue weighted by atomic mass is 10.0. The fraction of sp³-hybridized carbons (Fsp3) is 0.0645. The number of anilines is 2. The van der Waals surface area contributed by atoms with Gasteiger partial charge in [0.15, 0.2) is 0 Å². The van der Waals surface area contributed by atoms with Gasteiger partial charge >= 0.3 is 0 Å². The van der Waals surface area contributed by atoms with E-state index in [-0.39, 0.29) is 36.2 Å². The molecule has 4 aromatic carbocycles. The van der Waals surface area contributed by atoms with Crippen LogP contribution < -0.4 is 10.6 Å². The van der Waals surface area contributed by atoms with E-state index in [1.54, 1.807) is 30.3 Å². The van der Waals surface area contributed by atoms with E-state index in [1.165, 1.54) is 12.4 Å². The van der Waals surface area contributed by atoms with Crippen LogP contribution in [-0.4, -0.2) is 52.5 Å². The molecule has 0 fully saturated rings. The van der Waals surface area contributed by atoms with E-state index >= 15 is 0 Å². The van der Waals surface area contributed by atoms with Crippen LogP contribution in [0.4, 0.5) is 11.6 Å². The van der Waals surface area contributed by atoms with Crippen molar-refractivity contribution in [2.75, 3.05) is 23.7 Å². The Labute approximate surface area is 229 Å². The Morgan fingerprint density at radius 1 is 0.625 bits per heavy atom. The number of fused-ring (bicyclic) bond motifs is 2. The number of hydrogen-bond acceptors (Lipinski definition) is 7. The molecule has 40 heavy (non-hydrogen) atoms. The minimum atomic E-state index is -0.411. The number of pyridine rings is 1. The van der Waals surface area contributed by atoms with Gasteiger partial charge in [0.25, 0.3) is 0 Å². The first-order chi connectivity index (χ1) is 19.5. The summed E-state index contributed by atoms with van der Waals surface area (Å²) in [7, 11) is 0. The Balaban J connectivity index is 1.17. The van der Waals surface area contributed by atoms with Crippen molar-refractivity contribution in [3.8, 4) is 11.5 Å². The van der Waals surface area contributed by atoms with Crippen LogP contribution in [-0.2, 0) is 9.59 Å². The number of carbonyl (C=O) groups excluding carboxylic acids is 2. The normalized spacial score (nSPS) is 11.4. The quantitative estimate of drug-likeness (QED) is 0.211. The molecule has 0 atom stereocenters. The summed E-state index contributed by atoms with van der Waals surface area (Å²) in [5.74, 6) is -0.180. The van der Waals surface area contributed by atoms with Crippen molar-refractivity contribution in [3.05, 3.63) is 102 Å². The summed E-state index contributed by atoms with van der Waals surface area (Å²) in [5.41, 5.74) is 1.07. The van der Waals surface area contributed by atoms with Crippen molar-refractivity contribution in [2.45, 2.75) is 0 Å². The molecule has 2 amide bonds. The standard InChI is InChI=1S/C31H25N5O4/c37-26-14-12-20-6-1-3-8-22(20)24(26)16-32-18-30(39)35-28-10-5-11-29(34-28)36-31(40)19-33-17-25-23-9-4-2-7-21(23)13-15-27(25)38/h1-17,37-38H,18-19H2,(H2,34,35,36,39,40). The average molecular weight is 532 g/mol. The number of phenols is 2. The molecular weight excluding hydrogens is 506 g/mol. The minimum absolute atomic E-state index is 0.0752. The number of hydrogen-bond donors (Lipinski definition) is 4. The molecule has 0 radical (unpaired) electrons. The third-order valence-electron chi connectivity index (χ3n) is 6.09. The molecule has 198 valence electrons. The molecule has 0 saturated heterocycles. The zero-order valence-electron chi connectivity index (χ0n) is 21.3. The first-order valence-corrected chi connectivity index (χ1v) is 12.5. The molecule has 1 aromatic heterocycles. The smallest absolute Gasteiger partial charge is 0.247 e. The van der Waals surface area contributed by atoms with E-state index in [1.807, 2.05) is 60.7 Å². The van der Waals surface area contributed by atoms with E-state index in [4.69, 9.17) is 0 Å². The molecule has 0 aliphatic carbocycles. The number of aromatic hydroxyl groups is 2. The second kappa shape index (κ2) is 11.9. The Kier molecular flexibility index (Phi) is 7.73.